The first-order chi connectivity index (χ1) is 15.0. The van der Waals surface area contributed by atoms with Crippen molar-refractivity contribution in [3.63, 3.8) is 0 Å². The van der Waals surface area contributed by atoms with Crippen LogP contribution in [-0.4, -0.2) is 44.2 Å². The number of para-hydroxylation sites is 1. The molecule has 31 heavy (non-hydrogen) atoms. The van der Waals surface area contributed by atoms with Crippen LogP contribution in [0.15, 0.2) is 49.2 Å². The average Bonchev–Trinajstić information content (AvgIpc) is 3.15. The van der Waals surface area contributed by atoms with E-state index in [0.29, 0.717) is 11.3 Å². The van der Waals surface area contributed by atoms with E-state index in [1.807, 2.05) is 57.0 Å². The van der Waals surface area contributed by atoms with Gasteiger partial charge in [-0.3, -0.25) is 4.79 Å². The number of phenolic OH excluding ortho intramolecular Hbond substituents is 1. The smallest absolute Gasteiger partial charge is 0.245 e. The van der Waals surface area contributed by atoms with E-state index in [1.165, 1.54) is 25.3 Å². The highest BCUT2D eigenvalue weighted by Gasteiger charge is 2.21. The van der Waals surface area contributed by atoms with Crippen molar-refractivity contribution in [3.05, 3.63) is 54.7 Å². The second-order valence-corrected chi connectivity index (χ2v) is 7.36. The number of likely N-dealkylation sites (N-methyl/N-ethyl adjacent to an activating group) is 1. The van der Waals surface area contributed by atoms with E-state index in [9.17, 15) is 9.90 Å². The van der Waals surface area contributed by atoms with Crippen LogP contribution in [0.3, 0.4) is 0 Å². The summed E-state index contributed by atoms with van der Waals surface area (Å²) in [6.45, 7) is 13.3. The minimum Gasteiger partial charge on any atom is -0.507 e. The molecule has 4 rings (SSSR count). The number of hydrogen-bond donors (Lipinski definition) is 2. The highest BCUT2D eigenvalue weighted by Crippen LogP contribution is 2.29. The van der Waals surface area contributed by atoms with Gasteiger partial charge in [-0.2, -0.15) is 0 Å². The van der Waals surface area contributed by atoms with Crippen LogP contribution in [0.4, 0.5) is 0 Å². The van der Waals surface area contributed by atoms with Crippen molar-refractivity contribution in [2.75, 3.05) is 13.1 Å². The van der Waals surface area contributed by atoms with Crippen molar-refractivity contribution in [1.82, 2.24) is 20.1 Å². The molecule has 0 atom stereocenters. The highest BCUT2D eigenvalue weighted by molar-refractivity contribution is 5.87. The normalized spacial score (nSPS) is 12.6. The molecule has 0 radical (unpaired) electrons. The number of aromatic nitrogens is 3. The molecule has 1 aromatic carbocycles. The predicted octanol–water partition coefficient (Wildman–Crippen LogP) is 5.49. The summed E-state index contributed by atoms with van der Waals surface area (Å²) < 4.78 is 0. The van der Waals surface area contributed by atoms with Crippen LogP contribution in [0.1, 0.15) is 45.6 Å². The second kappa shape index (κ2) is 11.9. The second-order valence-electron chi connectivity index (χ2n) is 7.36. The first-order valence-electron chi connectivity index (χ1n) is 11.0. The Bertz CT molecular complexity index is 992. The van der Waals surface area contributed by atoms with Gasteiger partial charge in [-0.15, -0.1) is 10.2 Å². The summed E-state index contributed by atoms with van der Waals surface area (Å²) in [7, 11) is 0. The fourth-order valence-corrected chi connectivity index (χ4v) is 3.37. The standard InChI is InChI=1S/C13H11N3O.C10H17NO.C2H6/c1-8-7-14-13-10(8)6-11(15-16-13)9-4-2-3-5-12(9)17;1-3-10(12)11(4-2)8-9-6-5-7-9;1-2/h2-7,17H,1H3,(H,14,16);3,9H,1,4-8H2,2H3;1-2H3. The number of phenols is 1. The molecule has 0 bridgehead atoms. The SMILES string of the molecule is C=CC(=O)N(CC)CC1CCC1.CC.Cc1c[nH]c2nnc(-c3ccccc3O)cc12. The lowest BCUT2D eigenvalue weighted by atomic mass is 9.85. The summed E-state index contributed by atoms with van der Waals surface area (Å²) >= 11 is 0. The Hall–Kier alpha value is -3.15. The van der Waals surface area contributed by atoms with E-state index < -0.39 is 0 Å². The molecule has 166 valence electrons. The van der Waals surface area contributed by atoms with Crippen molar-refractivity contribution < 1.29 is 9.90 Å². The lowest BCUT2D eigenvalue weighted by molar-refractivity contribution is -0.126. The van der Waals surface area contributed by atoms with Gasteiger partial charge in [-0.25, -0.2) is 0 Å². The van der Waals surface area contributed by atoms with E-state index >= 15 is 0 Å². The molecule has 0 saturated heterocycles. The molecule has 6 heteroatoms. The highest BCUT2D eigenvalue weighted by atomic mass is 16.3. The van der Waals surface area contributed by atoms with Crippen LogP contribution < -0.4 is 0 Å². The maximum Gasteiger partial charge on any atom is 0.245 e. The quantitative estimate of drug-likeness (QED) is 0.533. The summed E-state index contributed by atoms with van der Waals surface area (Å²) in [6, 6.07) is 9.05. The van der Waals surface area contributed by atoms with Crippen LogP contribution in [0, 0.1) is 12.8 Å². The zero-order valence-corrected chi connectivity index (χ0v) is 19.1. The molecule has 6 nitrogen and oxygen atoms in total. The number of rotatable bonds is 5. The van der Waals surface area contributed by atoms with Crippen LogP contribution in [0.25, 0.3) is 22.3 Å². The van der Waals surface area contributed by atoms with Crippen LogP contribution in [0.5, 0.6) is 5.75 Å². The largest absolute Gasteiger partial charge is 0.507 e. The molecular formula is C25H34N4O2. The predicted molar refractivity (Wildman–Crippen MR) is 127 cm³/mol. The van der Waals surface area contributed by atoms with Crippen molar-refractivity contribution in [2.24, 2.45) is 5.92 Å². The summed E-state index contributed by atoms with van der Waals surface area (Å²) in [5.41, 5.74) is 3.26. The molecule has 1 fully saturated rings. The molecule has 1 aliphatic carbocycles. The topological polar surface area (TPSA) is 82.1 Å². The fraction of sp³-hybridized carbons (Fsp3) is 0.400. The minimum absolute atomic E-state index is 0.0735. The molecule has 0 unspecified atom stereocenters. The van der Waals surface area contributed by atoms with Gasteiger partial charge < -0.3 is 15.0 Å². The first-order valence-corrected chi connectivity index (χ1v) is 11.0. The zero-order chi connectivity index (χ0) is 22.8. The summed E-state index contributed by atoms with van der Waals surface area (Å²) in [6.07, 6.45) is 7.22. The Labute approximate surface area is 185 Å². The number of fused-ring (bicyclic) bond motifs is 1. The zero-order valence-electron chi connectivity index (χ0n) is 19.1. The van der Waals surface area contributed by atoms with Gasteiger partial charge in [0.2, 0.25) is 5.91 Å². The molecule has 3 aromatic rings. The van der Waals surface area contributed by atoms with E-state index in [-0.39, 0.29) is 11.7 Å². The van der Waals surface area contributed by atoms with Gasteiger partial charge in [0.25, 0.3) is 0 Å². The number of carbonyl (C=O) groups excluding carboxylic acids is 1. The number of H-pyrrole nitrogens is 1. The Kier molecular flexibility index (Phi) is 9.25. The first kappa shape index (κ1) is 24.1. The summed E-state index contributed by atoms with van der Waals surface area (Å²) in [4.78, 5) is 16.1. The average molecular weight is 423 g/mol. The van der Waals surface area contributed by atoms with Crippen molar-refractivity contribution in [3.8, 4) is 17.0 Å². The maximum atomic E-state index is 11.2. The third-order valence-electron chi connectivity index (χ3n) is 5.40. The van der Waals surface area contributed by atoms with Crippen LogP contribution in [-0.2, 0) is 4.79 Å². The Balaban J connectivity index is 0.000000216. The number of benzene rings is 1. The molecule has 1 amide bonds. The third kappa shape index (κ3) is 6.17. The van der Waals surface area contributed by atoms with E-state index in [0.717, 1.165) is 35.6 Å². The molecule has 0 spiro atoms. The number of nitrogens with one attached hydrogen (secondary N) is 1. The van der Waals surface area contributed by atoms with Gasteiger partial charge in [0.15, 0.2) is 5.65 Å². The fourth-order valence-electron chi connectivity index (χ4n) is 3.37. The third-order valence-corrected chi connectivity index (χ3v) is 5.40. The minimum atomic E-state index is 0.0735. The molecule has 2 aromatic heterocycles. The van der Waals surface area contributed by atoms with Gasteiger partial charge in [-0.1, -0.05) is 39.0 Å². The van der Waals surface area contributed by atoms with Gasteiger partial charge in [0.05, 0.1) is 5.69 Å². The molecular weight excluding hydrogens is 388 g/mol. The van der Waals surface area contributed by atoms with E-state index in [4.69, 9.17) is 0 Å². The number of aromatic amines is 1. The van der Waals surface area contributed by atoms with Gasteiger partial charge in [0, 0.05) is 30.2 Å². The van der Waals surface area contributed by atoms with Crippen molar-refractivity contribution >= 4 is 16.9 Å². The molecule has 0 aliphatic heterocycles. The van der Waals surface area contributed by atoms with Crippen molar-refractivity contribution in [2.45, 2.75) is 47.0 Å². The van der Waals surface area contributed by atoms with E-state index in [1.54, 1.807) is 12.1 Å². The molecule has 1 saturated carbocycles. The molecule has 1 aliphatic rings. The number of nitrogens with zero attached hydrogens (tertiary/aromatic N) is 3. The van der Waals surface area contributed by atoms with E-state index in [2.05, 4.69) is 21.8 Å². The number of amides is 1. The van der Waals surface area contributed by atoms with Gasteiger partial charge >= 0.3 is 0 Å². The number of aromatic hydroxyl groups is 1. The Morgan fingerprint density at radius 3 is 2.58 bits per heavy atom. The lowest BCUT2D eigenvalue weighted by Crippen LogP contribution is -2.36. The van der Waals surface area contributed by atoms with Gasteiger partial charge in [-0.05, 0) is 62.4 Å². The number of hydrogen-bond acceptors (Lipinski definition) is 4. The number of aryl methyl sites for hydroxylation is 1. The van der Waals surface area contributed by atoms with Gasteiger partial charge in [0.1, 0.15) is 5.75 Å². The Morgan fingerprint density at radius 2 is 2.00 bits per heavy atom. The summed E-state index contributed by atoms with van der Waals surface area (Å²) in [5, 5.41) is 19.0. The monoisotopic (exact) mass is 422 g/mol. The number of carbonyl (C=O) groups is 1. The molecule has 2 N–H and O–H groups in total. The summed E-state index contributed by atoms with van der Waals surface area (Å²) in [5.74, 6) is 1.05. The van der Waals surface area contributed by atoms with Crippen LogP contribution >= 0.6 is 0 Å². The van der Waals surface area contributed by atoms with Crippen LogP contribution in [0.2, 0.25) is 0 Å². The lowest BCUT2D eigenvalue weighted by Gasteiger charge is -2.31. The van der Waals surface area contributed by atoms with Crippen molar-refractivity contribution in [1.29, 1.82) is 0 Å². The Morgan fingerprint density at radius 1 is 1.29 bits per heavy atom. The maximum absolute atomic E-state index is 11.2. The molecule has 2 heterocycles.